The minimum Gasteiger partial charge on any atom is -0.372 e. The molecule has 176 valence electrons. The van der Waals surface area contributed by atoms with E-state index in [1.807, 2.05) is 44.2 Å². The number of hydrazone groups is 1. The molecule has 0 saturated heterocycles. The predicted octanol–water partition coefficient (Wildman–Crippen LogP) is 4.68. The van der Waals surface area contributed by atoms with E-state index in [4.69, 9.17) is 0 Å². The van der Waals surface area contributed by atoms with E-state index in [-0.39, 0.29) is 5.78 Å². The lowest BCUT2D eigenvalue weighted by Crippen LogP contribution is -2.43. The van der Waals surface area contributed by atoms with Gasteiger partial charge >= 0.3 is 0 Å². The topological polar surface area (TPSA) is 83.7 Å². The van der Waals surface area contributed by atoms with E-state index in [1.165, 1.54) is 0 Å². The smallest absolute Gasteiger partial charge is 0.281 e. The number of benzene rings is 3. The van der Waals surface area contributed by atoms with E-state index in [0.717, 1.165) is 22.6 Å². The van der Waals surface area contributed by atoms with Crippen LogP contribution in [-0.2, 0) is 10.4 Å². The number of Topliss-reactive ketones (excluding diaryl/α,β-unsaturated/α-hetero) is 1. The van der Waals surface area contributed by atoms with Gasteiger partial charge in [-0.1, -0.05) is 60.7 Å². The Bertz CT molecular complexity index is 1330. The Kier molecular flexibility index (Phi) is 6.75. The molecule has 0 aliphatic heterocycles. The van der Waals surface area contributed by atoms with Crippen LogP contribution in [0.2, 0.25) is 0 Å². The Hall–Kier alpha value is -4.29. The minimum absolute atomic E-state index is 0.0204. The number of aliphatic hydroxyl groups is 1. The van der Waals surface area contributed by atoms with Gasteiger partial charge in [-0.15, -0.1) is 0 Å². The van der Waals surface area contributed by atoms with Gasteiger partial charge in [0.25, 0.3) is 5.91 Å². The summed E-state index contributed by atoms with van der Waals surface area (Å²) in [4.78, 5) is 24.8. The first-order valence-corrected chi connectivity index (χ1v) is 11.3. The molecule has 0 aliphatic rings. The molecule has 0 fully saturated rings. The number of rotatable bonds is 7. The fourth-order valence-corrected chi connectivity index (χ4v) is 4.19. The number of hydrogen-bond acceptors (Lipinski definition) is 4. The molecular weight excluding hydrogens is 438 g/mol. The van der Waals surface area contributed by atoms with Crippen LogP contribution in [0.25, 0.3) is 5.69 Å². The molecule has 0 bridgehead atoms. The van der Waals surface area contributed by atoms with Gasteiger partial charge in [-0.05, 0) is 62.2 Å². The Labute approximate surface area is 204 Å². The standard InChI is InChI=1S/C29H27N3O3/c1-20-18-24(21(2)32(20)27-16-14-23(15-17-27)22(3)33)19-30-31-28(34)29(35,25-10-6-4-7-11-25)26-12-8-5-9-13-26/h4-19,35H,1-3H3,(H,31,34)/b30-19-. The van der Waals surface area contributed by atoms with Crippen molar-refractivity contribution in [3.05, 3.63) is 125 Å². The van der Waals surface area contributed by atoms with Gasteiger partial charge in [0.15, 0.2) is 11.4 Å². The number of carbonyl (C=O) groups excluding carboxylic acids is 2. The van der Waals surface area contributed by atoms with Crippen LogP contribution in [-0.4, -0.2) is 27.6 Å². The quantitative estimate of drug-likeness (QED) is 0.236. The first-order valence-electron chi connectivity index (χ1n) is 11.3. The van der Waals surface area contributed by atoms with Gasteiger partial charge in [0.2, 0.25) is 0 Å². The number of ketones is 1. The minimum atomic E-state index is -1.89. The van der Waals surface area contributed by atoms with Crippen molar-refractivity contribution >= 4 is 17.9 Å². The average molecular weight is 466 g/mol. The lowest BCUT2D eigenvalue weighted by molar-refractivity contribution is -0.136. The van der Waals surface area contributed by atoms with E-state index in [0.29, 0.717) is 16.7 Å². The average Bonchev–Trinajstić information content (AvgIpc) is 3.17. The third-order valence-electron chi connectivity index (χ3n) is 6.08. The van der Waals surface area contributed by atoms with Crippen LogP contribution in [0.4, 0.5) is 0 Å². The number of amides is 1. The highest BCUT2D eigenvalue weighted by Crippen LogP contribution is 2.30. The van der Waals surface area contributed by atoms with Crippen LogP contribution < -0.4 is 5.43 Å². The number of nitrogens with one attached hydrogen (secondary N) is 1. The number of hydrogen-bond donors (Lipinski definition) is 2. The van der Waals surface area contributed by atoms with Crippen molar-refractivity contribution in [3.63, 3.8) is 0 Å². The summed E-state index contributed by atoms with van der Waals surface area (Å²) in [5.41, 5.74) is 5.84. The predicted molar refractivity (Wildman–Crippen MR) is 137 cm³/mol. The van der Waals surface area contributed by atoms with E-state index in [9.17, 15) is 14.7 Å². The van der Waals surface area contributed by atoms with Crippen molar-refractivity contribution in [2.24, 2.45) is 5.10 Å². The van der Waals surface area contributed by atoms with Crippen LogP contribution in [0.3, 0.4) is 0 Å². The molecule has 4 rings (SSSR count). The van der Waals surface area contributed by atoms with E-state index < -0.39 is 11.5 Å². The summed E-state index contributed by atoms with van der Waals surface area (Å²) in [6, 6.07) is 27.0. The molecule has 35 heavy (non-hydrogen) atoms. The molecule has 4 aromatic rings. The zero-order valence-electron chi connectivity index (χ0n) is 19.9. The summed E-state index contributed by atoms with van der Waals surface area (Å²) in [5.74, 6) is -0.633. The Balaban J connectivity index is 1.59. The lowest BCUT2D eigenvalue weighted by Gasteiger charge is -2.27. The molecule has 0 spiro atoms. The summed E-state index contributed by atoms with van der Waals surface area (Å²) in [7, 11) is 0. The lowest BCUT2D eigenvalue weighted by atomic mass is 9.85. The van der Waals surface area contributed by atoms with Gasteiger partial charge in [0.1, 0.15) is 0 Å². The number of aromatic nitrogens is 1. The highest BCUT2D eigenvalue weighted by atomic mass is 16.3. The largest absolute Gasteiger partial charge is 0.372 e. The zero-order valence-corrected chi connectivity index (χ0v) is 19.9. The highest BCUT2D eigenvalue weighted by Gasteiger charge is 2.39. The highest BCUT2D eigenvalue weighted by molar-refractivity contribution is 5.94. The number of nitrogens with zero attached hydrogens (tertiary/aromatic N) is 2. The molecule has 0 saturated carbocycles. The zero-order chi connectivity index (χ0) is 25.0. The van der Waals surface area contributed by atoms with E-state index >= 15 is 0 Å². The fourth-order valence-electron chi connectivity index (χ4n) is 4.19. The van der Waals surface area contributed by atoms with Gasteiger partial charge in [-0.2, -0.15) is 5.10 Å². The maximum atomic E-state index is 13.2. The Morgan fingerprint density at radius 3 is 1.94 bits per heavy atom. The number of aryl methyl sites for hydroxylation is 1. The summed E-state index contributed by atoms with van der Waals surface area (Å²) in [6.45, 7) is 5.48. The number of carbonyl (C=O) groups is 2. The van der Waals surface area contributed by atoms with Gasteiger partial charge in [-0.3, -0.25) is 9.59 Å². The molecule has 3 aromatic carbocycles. The molecule has 0 radical (unpaired) electrons. The normalized spacial score (nSPS) is 11.5. The van der Waals surface area contributed by atoms with Crippen molar-refractivity contribution in [2.45, 2.75) is 26.4 Å². The van der Waals surface area contributed by atoms with Crippen LogP contribution in [0, 0.1) is 13.8 Å². The maximum Gasteiger partial charge on any atom is 0.281 e. The SMILES string of the molecule is CC(=O)c1ccc(-n2c(C)cc(/C=N\NC(=O)C(O)(c3ccccc3)c3ccccc3)c2C)cc1. The summed E-state index contributed by atoms with van der Waals surface area (Å²) in [6.07, 6.45) is 1.57. The van der Waals surface area contributed by atoms with Crippen molar-refractivity contribution in [1.82, 2.24) is 9.99 Å². The first kappa shape index (κ1) is 23.9. The van der Waals surface area contributed by atoms with Crippen molar-refractivity contribution < 1.29 is 14.7 Å². The second kappa shape index (κ2) is 9.91. The van der Waals surface area contributed by atoms with Crippen molar-refractivity contribution in [2.75, 3.05) is 0 Å². The van der Waals surface area contributed by atoms with Gasteiger partial charge in [0, 0.05) is 28.2 Å². The van der Waals surface area contributed by atoms with Crippen LogP contribution >= 0.6 is 0 Å². The molecule has 1 aromatic heterocycles. The second-order valence-electron chi connectivity index (χ2n) is 8.41. The molecule has 1 amide bonds. The fraction of sp³-hybridized carbons (Fsp3) is 0.138. The van der Waals surface area contributed by atoms with Gasteiger partial charge in [0.05, 0.1) is 6.21 Å². The molecule has 0 aliphatic carbocycles. The van der Waals surface area contributed by atoms with Crippen LogP contribution in [0.1, 0.15) is 45.4 Å². The monoisotopic (exact) mass is 465 g/mol. The van der Waals surface area contributed by atoms with Gasteiger partial charge < -0.3 is 9.67 Å². The molecular formula is C29H27N3O3. The van der Waals surface area contributed by atoms with Gasteiger partial charge in [-0.25, -0.2) is 5.43 Å². The third-order valence-corrected chi connectivity index (χ3v) is 6.08. The Morgan fingerprint density at radius 1 is 0.886 bits per heavy atom. The first-order chi connectivity index (χ1) is 16.8. The molecule has 6 nitrogen and oxygen atoms in total. The summed E-state index contributed by atoms with van der Waals surface area (Å²) < 4.78 is 2.05. The maximum absolute atomic E-state index is 13.2. The molecule has 6 heteroatoms. The molecule has 2 N–H and O–H groups in total. The summed E-state index contributed by atoms with van der Waals surface area (Å²) >= 11 is 0. The van der Waals surface area contributed by atoms with E-state index in [1.54, 1.807) is 73.8 Å². The van der Waals surface area contributed by atoms with Crippen molar-refractivity contribution in [3.8, 4) is 5.69 Å². The molecule has 0 unspecified atom stereocenters. The second-order valence-corrected chi connectivity index (χ2v) is 8.41. The summed E-state index contributed by atoms with van der Waals surface area (Å²) in [5, 5.41) is 15.7. The van der Waals surface area contributed by atoms with Crippen LogP contribution in [0.5, 0.6) is 0 Å². The van der Waals surface area contributed by atoms with Crippen LogP contribution in [0.15, 0.2) is 96.1 Å². The third kappa shape index (κ3) is 4.69. The Morgan fingerprint density at radius 2 is 1.43 bits per heavy atom. The molecule has 0 atom stereocenters. The van der Waals surface area contributed by atoms with E-state index in [2.05, 4.69) is 15.1 Å². The molecule has 1 heterocycles. The van der Waals surface area contributed by atoms with Crippen molar-refractivity contribution in [1.29, 1.82) is 0 Å².